The fraction of sp³-hybridized carbons (Fsp3) is 0.333. The normalized spacial score (nSPS) is 12.5. The number of alkyl halides is 3. The highest BCUT2D eigenvalue weighted by atomic mass is 35.5. The van der Waals surface area contributed by atoms with Crippen molar-refractivity contribution in [1.29, 1.82) is 0 Å². The van der Waals surface area contributed by atoms with Crippen LogP contribution in [0, 0.1) is 0 Å². The topological polar surface area (TPSA) is 84.0 Å². The standard InChI is InChI=1S/C6H6ClF3N4O2S/c7-4-1-11-2-5(13-4)14-17(15,16)12-3-6(8,9)10/h1-2,12H,3H2,(H,13,14). The van der Waals surface area contributed by atoms with Gasteiger partial charge in [-0.3, -0.25) is 9.71 Å². The molecule has 11 heteroatoms. The van der Waals surface area contributed by atoms with E-state index in [1.807, 2.05) is 0 Å². The maximum Gasteiger partial charge on any atom is 0.402 e. The highest BCUT2D eigenvalue weighted by Crippen LogP contribution is 2.13. The van der Waals surface area contributed by atoms with Gasteiger partial charge in [0.25, 0.3) is 0 Å². The smallest absolute Gasteiger partial charge is 0.258 e. The molecule has 0 radical (unpaired) electrons. The lowest BCUT2D eigenvalue weighted by Gasteiger charge is -2.10. The maximum atomic E-state index is 11.8. The van der Waals surface area contributed by atoms with Crippen LogP contribution in [0.2, 0.25) is 5.15 Å². The molecule has 0 aliphatic heterocycles. The van der Waals surface area contributed by atoms with Crippen LogP contribution >= 0.6 is 11.6 Å². The van der Waals surface area contributed by atoms with E-state index in [4.69, 9.17) is 11.6 Å². The molecular formula is C6H6ClF3N4O2S. The van der Waals surface area contributed by atoms with Crippen LogP contribution in [-0.2, 0) is 10.2 Å². The zero-order valence-electron chi connectivity index (χ0n) is 7.99. The molecule has 1 aromatic heterocycles. The van der Waals surface area contributed by atoms with Crippen molar-refractivity contribution in [3.05, 3.63) is 17.5 Å². The summed E-state index contributed by atoms with van der Waals surface area (Å²) in [4.78, 5) is 7.00. The van der Waals surface area contributed by atoms with Gasteiger partial charge < -0.3 is 0 Å². The molecule has 0 fully saturated rings. The van der Waals surface area contributed by atoms with Gasteiger partial charge in [0.05, 0.1) is 12.4 Å². The number of aromatic nitrogens is 2. The van der Waals surface area contributed by atoms with Crippen LogP contribution in [0.5, 0.6) is 0 Å². The van der Waals surface area contributed by atoms with Gasteiger partial charge in [-0.15, -0.1) is 0 Å². The second kappa shape index (κ2) is 5.02. The Labute approximate surface area is 99.4 Å². The van der Waals surface area contributed by atoms with Crippen LogP contribution in [0.4, 0.5) is 19.0 Å². The van der Waals surface area contributed by atoms with Crippen molar-refractivity contribution in [2.75, 3.05) is 11.3 Å². The lowest BCUT2D eigenvalue weighted by molar-refractivity contribution is -0.121. The molecule has 0 aromatic carbocycles. The third-order valence-corrected chi connectivity index (χ3v) is 2.49. The highest BCUT2D eigenvalue weighted by Gasteiger charge is 2.29. The summed E-state index contributed by atoms with van der Waals surface area (Å²) in [6.45, 7) is -1.68. The molecule has 0 bridgehead atoms. The number of hydrogen-bond acceptors (Lipinski definition) is 4. The van der Waals surface area contributed by atoms with Gasteiger partial charge in [0.1, 0.15) is 11.7 Å². The molecule has 17 heavy (non-hydrogen) atoms. The molecule has 96 valence electrons. The van der Waals surface area contributed by atoms with Crippen molar-refractivity contribution in [3.8, 4) is 0 Å². The van der Waals surface area contributed by atoms with E-state index in [1.165, 1.54) is 4.72 Å². The molecule has 0 atom stereocenters. The maximum absolute atomic E-state index is 11.8. The first-order chi connectivity index (χ1) is 7.68. The molecule has 0 aliphatic carbocycles. The third kappa shape index (κ3) is 5.65. The van der Waals surface area contributed by atoms with Crippen molar-refractivity contribution < 1.29 is 21.6 Å². The van der Waals surface area contributed by atoms with E-state index in [1.54, 1.807) is 4.72 Å². The molecule has 0 amide bonds. The fourth-order valence-corrected chi connectivity index (χ4v) is 1.69. The van der Waals surface area contributed by atoms with Gasteiger partial charge in [-0.1, -0.05) is 11.6 Å². The second-order valence-corrected chi connectivity index (χ2v) is 4.66. The molecule has 6 nitrogen and oxygen atoms in total. The lowest BCUT2D eigenvalue weighted by Crippen LogP contribution is -2.37. The van der Waals surface area contributed by atoms with Crippen molar-refractivity contribution >= 4 is 27.6 Å². The van der Waals surface area contributed by atoms with Crippen LogP contribution < -0.4 is 9.44 Å². The summed E-state index contributed by atoms with van der Waals surface area (Å²) in [5.41, 5.74) is 0. The van der Waals surface area contributed by atoms with Gasteiger partial charge in [-0.05, 0) is 0 Å². The minimum absolute atomic E-state index is 0.0963. The zero-order chi connectivity index (χ0) is 13.1. The van der Waals surface area contributed by atoms with Crippen LogP contribution in [0.1, 0.15) is 0 Å². The number of anilines is 1. The molecule has 1 rings (SSSR count). The van der Waals surface area contributed by atoms with Gasteiger partial charge in [0.2, 0.25) is 0 Å². The largest absolute Gasteiger partial charge is 0.402 e. The summed E-state index contributed by atoms with van der Waals surface area (Å²) in [5.74, 6) is -0.285. The van der Waals surface area contributed by atoms with E-state index >= 15 is 0 Å². The molecular weight excluding hydrogens is 285 g/mol. The summed E-state index contributed by atoms with van der Waals surface area (Å²) < 4.78 is 60.6. The zero-order valence-corrected chi connectivity index (χ0v) is 9.57. The summed E-state index contributed by atoms with van der Waals surface area (Å²) >= 11 is 5.41. The average Bonchev–Trinajstić information content (AvgIpc) is 2.13. The molecule has 1 aromatic rings. The van der Waals surface area contributed by atoms with Crippen molar-refractivity contribution in [2.24, 2.45) is 0 Å². The molecule has 0 spiro atoms. The summed E-state index contributed by atoms with van der Waals surface area (Å²) in [6.07, 6.45) is -2.50. The average molecular weight is 291 g/mol. The Kier molecular flexibility index (Phi) is 4.11. The van der Waals surface area contributed by atoms with Crippen molar-refractivity contribution in [2.45, 2.75) is 6.18 Å². The van der Waals surface area contributed by atoms with Crippen LogP contribution in [-0.4, -0.2) is 31.1 Å². The molecule has 0 saturated heterocycles. The van der Waals surface area contributed by atoms with Gasteiger partial charge in [0.15, 0.2) is 5.82 Å². The second-order valence-electron chi connectivity index (χ2n) is 2.77. The Balaban J connectivity index is 2.67. The number of rotatable bonds is 4. The predicted molar refractivity (Wildman–Crippen MR) is 53.6 cm³/mol. The molecule has 2 N–H and O–H groups in total. The summed E-state index contributed by atoms with van der Waals surface area (Å²) in [6, 6.07) is 0. The van der Waals surface area contributed by atoms with Crippen LogP contribution in [0.3, 0.4) is 0 Å². The Bertz CT molecular complexity index is 492. The van der Waals surface area contributed by atoms with E-state index in [2.05, 4.69) is 9.97 Å². The van der Waals surface area contributed by atoms with Gasteiger partial charge in [-0.25, -0.2) is 4.98 Å². The van der Waals surface area contributed by atoms with E-state index in [9.17, 15) is 21.6 Å². The SMILES string of the molecule is O=S(=O)(NCC(F)(F)F)Nc1cncc(Cl)n1. The van der Waals surface area contributed by atoms with Gasteiger partial charge >= 0.3 is 16.4 Å². The number of nitrogens with zero attached hydrogens (tertiary/aromatic N) is 2. The monoisotopic (exact) mass is 290 g/mol. The first-order valence-electron chi connectivity index (χ1n) is 4.00. The minimum Gasteiger partial charge on any atom is -0.258 e. The number of halogens is 4. The third-order valence-electron chi connectivity index (χ3n) is 1.31. The first kappa shape index (κ1) is 13.9. The Morgan fingerprint density at radius 2 is 2.00 bits per heavy atom. The molecule has 1 heterocycles. The lowest BCUT2D eigenvalue weighted by atomic mass is 10.7. The first-order valence-corrected chi connectivity index (χ1v) is 5.86. The van der Waals surface area contributed by atoms with E-state index in [0.29, 0.717) is 0 Å². The molecule has 0 saturated carbocycles. The number of nitrogens with one attached hydrogen (secondary N) is 2. The Hall–Kier alpha value is -1.13. The Morgan fingerprint density at radius 1 is 1.35 bits per heavy atom. The van der Waals surface area contributed by atoms with Crippen LogP contribution in [0.25, 0.3) is 0 Å². The van der Waals surface area contributed by atoms with Crippen molar-refractivity contribution in [3.63, 3.8) is 0 Å². The van der Waals surface area contributed by atoms with Gasteiger partial charge in [0, 0.05) is 0 Å². The molecule has 0 unspecified atom stereocenters. The number of hydrogen-bond donors (Lipinski definition) is 2. The summed E-state index contributed by atoms with van der Waals surface area (Å²) in [5, 5.41) is -0.0963. The minimum atomic E-state index is -4.64. The van der Waals surface area contributed by atoms with Gasteiger partial charge in [-0.2, -0.15) is 26.3 Å². The van der Waals surface area contributed by atoms with E-state index in [0.717, 1.165) is 12.4 Å². The fourth-order valence-electron chi connectivity index (χ4n) is 0.742. The van der Waals surface area contributed by atoms with E-state index in [-0.39, 0.29) is 11.0 Å². The van der Waals surface area contributed by atoms with Crippen LogP contribution in [0.15, 0.2) is 12.4 Å². The predicted octanol–water partition coefficient (Wildman–Crippen LogP) is 0.939. The quantitative estimate of drug-likeness (QED) is 0.864. The molecule has 0 aliphatic rings. The highest BCUT2D eigenvalue weighted by molar-refractivity contribution is 7.90. The van der Waals surface area contributed by atoms with E-state index < -0.39 is 22.9 Å². The Morgan fingerprint density at radius 3 is 2.53 bits per heavy atom. The summed E-state index contributed by atoms with van der Waals surface area (Å²) in [7, 11) is -4.37. The van der Waals surface area contributed by atoms with Crippen molar-refractivity contribution in [1.82, 2.24) is 14.7 Å².